The Morgan fingerprint density at radius 2 is 1.45 bits per heavy atom. The van der Waals surface area contributed by atoms with Crippen molar-refractivity contribution in [2.24, 2.45) is 0 Å². The molecule has 0 nitrogen and oxygen atoms in total. The van der Waals surface area contributed by atoms with Crippen molar-refractivity contribution in [3.63, 3.8) is 0 Å². The molecule has 1 radical (unpaired) electrons. The lowest BCUT2D eigenvalue weighted by molar-refractivity contribution is 0.575. The highest BCUT2D eigenvalue weighted by Gasteiger charge is 2.05. The van der Waals surface area contributed by atoms with E-state index in [0.717, 1.165) is 12.8 Å². The largest absolute Gasteiger partial charge is 0.0654 e. The molecule has 0 aliphatic rings. The maximum absolute atomic E-state index is 3.41. The van der Waals surface area contributed by atoms with E-state index in [-0.39, 0.29) is 0 Å². The van der Waals surface area contributed by atoms with Crippen molar-refractivity contribution in [2.75, 3.05) is 0 Å². The second kappa shape index (κ2) is 10.9. The number of rotatable bonds is 11. The summed E-state index contributed by atoms with van der Waals surface area (Å²) < 4.78 is 0. The van der Waals surface area contributed by atoms with Crippen molar-refractivity contribution >= 4 is 0 Å². The van der Waals surface area contributed by atoms with E-state index in [1.165, 1.54) is 63.4 Å². The predicted octanol–water partition coefficient (Wildman–Crippen LogP) is 6.29. The van der Waals surface area contributed by atoms with Crippen LogP contribution in [0.25, 0.3) is 0 Å². The predicted molar refractivity (Wildman–Crippen MR) is 90.3 cm³/mol. The number of aryl methyl sites for hydroxylation is 2. The van der Waals surface area contributed by atoms with Crippen molar-refractivity contribution in [3.8, 4) is 0 Å². The third-order valence-electron chi connectivity index (χ3n) is 4.30. The Labute approximate surface area is 127 Å². The van der Waals surface area contributed by atoms with Crippen LogP contribution in [0.2, 0.25) is 0 Å². The minimum absolute atomic E-state index is 1.12. The summed E-state index contributed by atoms with van der Waals surface area (Å²) in [6.07, 6.45) is 14.8. The minimum atomic E-state index is 1.12. The Morgan fingerprint density at radius 1 is 0.800 bits per heavy atom. The van der Waals surface area contributed by atoms with Crippen molar-refractivity contribution < 1.29 is 0 Å². The summed E-state index contributed by atoms with van der Waals surface area (Å²) in [5.41, 5.74) is 4.58. The van der Waals surface area contributed by atoms with Crippen molar-refractivity contribution in [3.05, 3.63) is 34.9 Å². The first-order valence-corrected chi connectivity index (χ1v) is 8.84. The van der Waals surface area contributed by atoms with Crippen LogP contribution < -0.4 is 0 Å². The third-order valence-corrected chi connectivity index (χ3v) is 4.30. The average Bonchev–Trinajstić information content (AvgIpc) is 2.49. The molecule has 0 N–H and O–H groups in total. The molecule has 1 aromatic rings. The van der Waals surface area contributed by atoms with Crippen LogP contribution in [0.5, 0.6) is 0 Å². The topological polar surface area (TPSA) is 0 Å². The first kappa shape index (κ1) is 17.3. The summed E-state index contributed by atoms with van der Waals surface area (Å²) in [7, 11) is 0. The normalized spacial score (nSPS) is 10.9. The molecule has 0 heterocycles. The van der Waals surface area contributed by atoms with Gasteiger partial charge in [-0.3, -0.25) is 0 Å². The van der Waals surface area contributed by atoms with Crippen molar-refractivity contribution in [1.29, 1.82) is 0 Å². The fourth-order valence-electron chi connectivity index (χ4n) is 3.06. The van der Waals surface area contributed by atoms with Gasteiger partial charge in [0.2, 0.25) is 0 Å². The Balaban J connectivity index is 2.25. The fraction of sp³-hybridized carbons (Fsp3) is 0.700. The quantitative estimate of drug-likeness (QED) is 0.415. The number of unbranched alkanes of at least 4 members (excludes halogenated alkanes) is 7. The van der Waals surface area contributed by atoms with Crippen LogP contribution in [-0.2, 0) is 19.3 Å². The number of hydrogen-bond acceptors (Lipinski definition) is 0. The highest BCUT2D eigenvalue weighted by Crippen LogP contribution is 2.19. The molecule has 0 atom stereocenters. The monoisotopic (exact) mass is 273 g/mol. The van der Waals surface area contributed by atoms with E-state index in [1.807, 2.05) is 0 Å². The molecule has 0 saturated carbocycles. The molecule has 0 aromatic heterocycles. The zero-order valence-electron chi connectivity index (χ0n) is 13.9. The van der Waals surface area contributed by atoms with E-state index in [0.29, 0.717) is 0 Å². The zero-order chi connectivity index (χ0) is 14.6. The Kier molecular flexibility index (Phi) is 9.45. The van der Waals surface area contributed by atoms with E-state index in [9.17, 15) is 0 Å². The first-order chi connectivity index (χ1) is 9.83. The lowest BCUT2D eigenvalue weighted by Crippen LogP contribution is -1.99. The molecule has 1 rings (SSSR count). The molecule has 20 heavy (non-hydrogen) atoms. The molecule has 0 saturated heterocycles. The Bertz CT molecular complexity index is 351. The van der Waals surface area contributed by atoms with Crippen LogP contribution in [-0.4, -0.2) is 0 Å². The SMILES string of the molecule is CCCCCCCCCCc1cc[c]c(CC)c1CC. The third kappa shape index (κ3) is 6.11. The summed E-state index contributed by atoms with van der Waals surface area (Å²) in [6, 6.07) is 7.82. The zero-order valence-corrected chi connectivity index (χ0v) is 13.9. The van der Waals surface area contributed by atoms with Gasteiger partial charge in [-0.15, -0.1) is 0 Å². The molecule has 0 heteroatoms. The molecule has 0 amide bonds. The second-order valence-corrected chi connectivity index (χ2v) is 5.89. The molecule has 113 valence electrons. The van der Waals surface area contributed by atoms with Gasteiger partial charge in [0.15, 0.2) is 0 Å². The molecule has 0 spiro atoms. The maximum Gasteiger partial charge on any atom is -0.0146 e. The molecule has 0 unspecified atom stereocenters. The maximum atomic E-state index is 3.41. The van der Waals surface area contributed by atoms with Crippen LogP contribution in [0, 0.1) is 6.07 Å². The molecule has 0 bridgehead atoms. The van der Waals surface area contributed by atoms with Crippen LogP contribution in [0.3, 0.4) is 0 Å². The van der Waals surface area contributed by atoms with Gasteiger partial charge in [0.25, 0.3) is 0 Å². The van der Waals surface area contributed by atoms with Gasteiger partial charge in [-0.2, -0.15) is 0 Å². The number of benzene rings is 1. The fourth-order valence-corrected chi connectivity index (χ4v) is 3.06. The second-order valence-electron chi connectivity index (χ2n) is 5.89. The summed E-state index contributed by atoms with van der Waals surface area (Å²) in [4.78, 5) is 0. The summed E-state index contributed by atoms with van der Waals surface area (Å²) >= 11 is 0. The van der Waals surface area contributed by atoms with Crippen LogP contribution in [0.15, 0.2) is 12.1 Å². The van der Waals surface area contributed by atoms with Gasteiger partial charge in [0, 0.05) is 0 Å². The van der Waals surface area contributed by atoms with E-state index < -0.39 is 0 Å². The van der Waals surface area contributed by atoms with Gasteiger partial charge in [-0.1, -0.05) is 77.8 Å². The Morgan fingerprint density at radius 3 is 2.05 bits per heavy atom. The van der Waals surface area contributed by atoms with Crippen LogP contribution >= 0.6 is 0 Å². The smallest absolute Gasteiger partial charge is 0.0146 e. The summed E-state index contributed by atoms with van der Waals surface area (Å²) in [5.74, 6) is 0. The van der Waals surface area contributed by atoms with Gasteiger partial charge in [0.1, 0.15) is 0 Å². The van der Waals surface area contributed by atoms with E-state index >= 15 is 0 Å². The highest BCUT2D eigenvalue weighted by molar-refractivity contribution is 5.34. The van der Waals surface area contributed by atoms with Gasteiger partial charge in [-0.25, -0.2) is 0 Å². The van der Waals surface area contributed by atoms with Crippen LogP contribution in [0.1, 0.15) is 88.8 Å². The lowest BCUT2D eigenvalue weighted by Gasteiger charge is -2.12. The molecular formula is C20H33. The van der Waals surface area contributed by atoms with Gasteiger partial charge in [-0.05, 0) is 48.4 Å². The standard InChI is InChI=1S/C20H33/c1-4-7-8-9-10-11-12-13-15-19-17-14-16-18(5-2)20(19)6-3/h14,17H,4-13,15H2,1-3H3. The first-order valence-electron chi connectivity index (χ1n) is 8.84. The lowest BCUT2D eigenvalue weighted by atomic mass is 9.93. The highest BCUT2D eigenvalue weighted by atomic mass is 14.1. The Hall–Kier alpha value is -0.780. The van der Waals surface area contributed by atoms with Crippen molar-refractivity contribution in [2.45, 2.75) is 91.4 Å². The van der Waals surface area contributed by atoms with E-state index in [2.05, 4.69) is 39.0 Å². The molecule has 1 aromatic carbocycles. The molecule has 0 fully saturated rings. The molecular weight excluding hydrogens is 240 g/mol. The molecule has 0 aliphatic heterocycles. The van der Waals surface area contributed by atoms with E-state index in [1.54, 1.807) is 11.1 Å². The van der Waals surface area contributed by atoms with Crippen LogP contribution in [0.4, 0.5) is 0 Å². The molecule has 0 aliphatic carbocycles. The summed E-state index contributed by atoms with van der Waals surface area (Å²) in [6.45, 7) is 6.80. The minimum Gasteiger partial charge on any atom is -0.0654 e. The van der Waals surface area contributed by atoms with E-state index in [4.69, 9.17) is 0 Å². The average molecular weight is 273 g/mol. The van der Waals surface area contributed by atoms with Gasteiger partial charge in [0.05, 0.1) is 0 Å². The van der Waals surface area contributed by atoms with Crippen molar-refractivity contribution in [1.82, 2.24) is 0 Å². The van der Waals surface area contributed by atoms with Gasteiger partial charge >= 0.3 is 0 Å². The number of hydrogen-bond donors (Lipinski definition) is 0. The summed E-state index contributed by atoms with van der Waals surface area (Å²) in [5, 5.41) is 0. The van der Waals surface area contributed by atoms with Gasteiger partial charge < -0.3 is 0 Å².